The lowest BCUT2D eigenvalue weighted by molar-refractivity contribution is -0.143. The topological polar surface area (TPSA) is 84.9 Å². The van der Waals surface area contributed by atoms with Gasteiger partial charge in [-0.3, -0.25) is 4.79 Å². The molecular formula is C15H21NO5. The average Bonchev–Trinajstić information content (AvgIpc) is 2.43. The van der Waals surface area contributed by atoms with E-state index in [1.807, 2.05) is 6.92 Å². The highest BCUT2D eigenvalue weighted by molar-refractivity contribution is 5.84. The fraction of sp³-hybridized carbons (Fsp3) is 0.467. The van der Waals surface area contributed by atoms with E-state index in [1.165, 1.54) is 0 Å². The number of carboxylic acid groups (broad SMARTS) is 1. The van der Waals surface area contributed by atoms with E-state index in [0.717, 1.165) is 0 Å². The molecule has 0 aromatic heterocycles. The van der Waals surface area contributed by atoms with Gasteiger partial charge in [0.1, 0.15) is 6.04 Å². The van der Waals surface area contributed by atoms with Crippen molar-refractivity contribution >= 4 is 11.9 Å². The lowest BCUT2D eigenvalue weighted by Crippen LogP contribution is -2.46. The first-order valence-electron chi connectivity index (χ1n) is 6.82. The second-order valence-corrected chi connectivity index (χ2v) is 4.80. The first-order chi connectivity index (χ1) is 9.95. The zero-order valence-corrected chi connectivity index (χ0v) is 12.5. The van der Waals surface area contributed by atoms with E-state index in [-0.39, 0.29) is 12.5 Å². The van der Waals surface area contributed by atoms with E-state index in [2.05, 4.69) is 5.32 Å². The van der Waals surface area contributed by atoms with Crippen LogP contribution in [0.1, 0.15) is 20.8 Å². The summed E-state index contributed by atoms with van der Waals surface area (Å²) in [6.07, 6.45) is 0. The van der Waals surface area contributed by atoms with Crippen molar-refractivity contribution in [3.63, 3.8) is 0 Å². The summed E-state index contributed by atoms with van der Waals surface area (Å²) in [6, 6.07) is 6.07. The molecule has 0 saturated carbocycles. The van der Waals surface area contributed by atoms with Gasteiger partial charge in [-0.15, -0.1) is 0 Å². The minimum atomic E-state index is -1.06. The van der Waals surface area contributed by atoms with Crippen molar-refractivity contribution in [2.24, 2.45) is 5.92 Å². The van der Waals surface area contributed by atoms with Crippen LogP contribution in [0.5, 0.6) is 11.5 Å². The number of benzene rings is 1. The Hall–Kier alpha value is -2.24. The summed E-state index contributed by atoms with van der Waals surface area (Å²) in [5.41, 5.74) is 0. The van der Waals surface area contributed by atoms with Gasteiger partial charge in [-0.1, -0.05) is 26.0 Å². The number of hydrogen-bond donors (Lipinski definition) is 2. The fourth-order valence-corrected chi connectivity index (χ4v) is 1.72. The average molecular weight is 295 g/mol. The Morgan fingerprint density at radius 1 is 1.19 bits per heavy atom. The Morgan fingerprint density at radius 3 is 2.24 bits per heavy atom. The van der Waals surface area contributed by atoms with Crippen molar-refractivity contribution in [2.75, 3.05) is 13.2 Å². The first kappa shape index (κ1) is 16.8. The largest absolute Gasteiger partial charge is 0.490 e. The molecule has 1 aromatic carbocycles. The summed E-state index contributed by atoms with van der Waals surface area (Å²) in [5, 5.41) is 11.4. The molecule has 0 radical (unpaired) electrons. The van der Waals surface area contributed by atoms with Crippen molar-refractivity contribution < 1.29 is 24.2 Å². The maximum Gasteiger partial charge on any atom is 0.326 e. The Morgan fingerprint density at radius 2 is 1.76 bits per heavy atom. The standard InChI is InChI=1S/C15H21NO5/c1-4-20-11-7-5-6-8-12(11)21-9-13(17)16-14(10(2)3)15(18)19/h5-8,10,14H,4,9H2,1-3H3,(H,16,17)(H,18,19). The molecule has 21 heavy (non-hydrogen) atoms. The number of aliphatic carboxylic acids is 1. The lowest BCUT2D eigenvalue weighted by atomic mass is 10.1. The molecule has 0 bridgehead atoms. The van der Waals surface area contributed by atoms with Gasteiger partial charge in [0.2, 0.25) is 0 Å². The molecule has 1 aromatic rings. The number of carboxylic acids is 1. The molecule has 6 heteroatoms. The number of carbonyl (C=O) groups excluding carboxylic acids is 1. The maximum atomic E-state index is 11.8. The summed E-state index contributed by atoms with van der Waals surface area (Å²) in [6.45, 7) is 5.53. The third kappa shape index (κ3) is 5.33. The molecule has 0 aliphatic rings. The third-order valence-electron chi connectivity index (χ3n) is 2.76. The van der Waals surface area contributed by atoms with Gasteiger partial charge in [-0.25, -0.2) is 4.79 Å². The van der Waals surface area contributed by atoms with Gasteiger partial charge >= 0.3 is 5.97 Å². The molecule has 0 spiro atoms. The van der Waals surface area contributed by atoms with Crippen molar-refractivity contribution in [1.29, 1.82) is 0 Å². The Balaban J connectivity index is 2.59. The van der Waals surface area contributed by atoms with Crippen molar-refractivity contribution in [3.05, 3.63) is 24.3 Å². The first-order valence-corrected chi connectivity index (χ1v) is 6.82. The van der Waals surface area contributed by atoms with Crippen LogP contribution < -0.4 is 14.8 Å². The van der Waals surface area contributed by atoms with E-state index in [1.54, 1.807) is 38.1 Å². The van der Waals surface area contributed by atoms with Gasteiger partial charge in [0.15, 0.2) is 18.1 Å². The van der Waals surface area contributed by atoms with Crippen LogP contribution in [0, 0.1) is 5.92 Å². The van der Waals surface area contributed by atoms with Gasteiger partial charge in [-0.05, 0) is 25.0 Å². The summed E-state index contributed by atoms with van der Waals surface area (Å²) in [5.74, 6) is -0.755. The zero-order valence-electron chi connectivity index (χ0n) is 12.5. The molecule has 116 valence electrons. The number of nitrogens with one attached hydrogen (secondary N) is 1. The predicted molar refractivity (Wildman–Crippen MR) is 77.5 cm³/mol. The second kappa shape index (κ2) is 8.14. The summed E-state index contributed by atoms with van der Waals surface area (Å²) in [7, 11) is 0. The van der Waals surface area contributed by atoms with Crippen LogP contribution in [0.3, 0.4) is 0 Å². The monoisotopic (exact) mass is 295 g/mol. The molecule has 2 N–H and O–H groups in total. The minimum absolute atomic E-state index is 0.206. The summed E-state index contributed by atoms with van der Waals surface area (Å²) >= 11 is 0. The zero-order chi connectivity index (χ0) is 15.8. The predicted octanol–water partition coefficient (Wildman–Crippen LogP) is 1.69. The highest BCUT2D eigenvalue weighted by Crippen LogP contribution is 2.26. The molecule has 0 heterocycles. The van der Waals surface area contributed by atoms with Gasteiger partial charge in [0.05, 0.1) is 6.61 Å². The molecular weight excluding hydrogens is 274 g/mol. The van der Waals surface area contributed by atoms with Crippen LogP contribution in [0.25, 0.3) is 0 Å². The van der Waals surface area contributed by atoms with Crippen LogP contribution in [0.15, 0.2) is 24.3 Å². The van der Waals surface area contributed by atoms with Gasteiger partial charge in [0.25, 0.3) is 5.91 Å². The molecule has 1 rings (SSSR count). The highest BCUT2D eigenvalue weighted by Gasteiger charge is 2.23. The van der Waals surface area contributed by atoms with E-state index in [9.17, 15) is 9.59 Å². The van der Waals surface area contributed by atoms with Gasteiger partial charge < -0.3 is 19.9 Å². The molecule has 1 unspecified atom stereocenters. The number of hydrogen-bond acceptors (Lipinski definition) is 4. The molecule has 1 atom stereocenters. The smallest absolute Gasteiger partial charge is 0.326 e. The van der Waals surface area contributed by atoms with Crippen molar-refractivity contribution in [1.82, 2.24) is 5.32 Å². The lowest BCUT2D eigenvalue weighted by Gasteiger charge is -2.18. The molecule has 6 nitrogen and oxygen atoms in total. The molecule has 0 aliphatic heterocycles. The Labute approximate surface area is 124 Å². The van der Waals surface area contributed by atoms with Crippen molar-refractivity contribution in [2.45, 2.75) is 26.8 Å². The quantitative estimate of drug-likeness (QED) is 0.762. The Bertz CT molecular complexity index is 487. The van der Waals surface area contributed by atoms with E-state index < -0.39 is 17.9 Å². The number of amides is 1. The number of rotatable bonds is 8. The van der Waals surface area contributed by atoms with Crippen LogP contribution in [-0.4, -0.2) is 36.2 Å². The van der Waals surface area contributed by atoms with E-state index in [4.69, 9.17) is 14.6 Å². The second-order valence-electron chi connectivity index (χ2n) is 4.80. The van der Waals surface area contributed by atoms with Crippen LogP contribution >= 0.6 is 0 Å². The molecule has 0 aliphatic carbocycles. The number of ether oxygens (including phenoxy) is 2. The van der Waals surface area contributed by atoms with Crippen molar-refractivity contribution in [3.8, 4) is 11.5 Å². The molecule has 0 fully saturated rings. The SMILES string of the molecule is CCOc1ccccc1OCC(=O)NC(C(=O)O)C(C)C. The van der Waals surface area contributed by atoms with Crippen LogP contribution in [0.4, 0.5) is 0 Å². The number of para-hydroxylation sites is 2. The maximum absolute atomic E-state index is 11.8. The van der Waals surface area contributed by atoms with Gasteiger partial charge in [0, 0.05) is 0 Å². The normalized spacial score (nSPS) is 11.8. The highest BCUT2D eigenvalue weighted by atomic mass is 16.5. The molecule has 1 amide bonds. The van der Waals surface area contributed by atoms with Crippen LogP contribution in [-0.2, 0) is 9.59 Å². The minimum Gasteiger partial charge on any atom is -0.490 e. The fourth-order valence-electron chi connectivity index (χ4n) is 1.72. The van der Waals surface area contributed by atoms with Crippen LogP contribution in [0.2, 0.25) is 0 Å². The Kier molecular flexibility index (Phi) is 6.52. The third-order valence-corrected chi connectivity index (χ3v) is 2.76. The van der Waals surface area contributed by atoms with E-state index >= 15 is 0 Å². The van der Waals surface area contributed by atoms with E-state index in [0.29, 0.717) is 18.1 Å². The van der Waals surface area contributed by atoms with Gasteiger partial charge in [-0.2, -0.15) is 0 Å². The summed E-state index contributed by atoms with van der Waals surface area (Å²) in [4.78, 5) is 22.8. The molecule has 0 saturated heterocycles. The summed E-state index contributed by atoms with van der Waals surface area (Å²) < 4.78 is 10.8. The number of carbonyl (C=O) groups is 2.